The molecular weight excluding hydrogens is 448 g/mol. The van der Waals surface area contributed by atoms with E-state index in [-0.39, 0.29) is 0 Å². The molecule has 0 spiro atoms. The van der Waals surface area contributed by atoms with Gasteiger partial charge in [0.15, 0.2) is 0 Å². The summed E-state index contributed by atoms with van der Waals surface area (Å²) in [6.45, 7) is 9.42. The molecule has 0 aromatic carbocycles. The largest absolute Gasteiger partial charge is 0.257 e. The Morgan fingerprint density at radius 3 is 1.32 bits per heavy atom. The first-order valence-electron chi connectivity index (χ1n) is 17.3. The predicted molar refractivity (Wildman–Crippen MR) is 166 cm³/mol. The van der Waals surface area contributed by atoms with Crippen LogP contribution in [0.1, 0.15) is 212 Å². The van der Waals surface area contributed by atoms with E-state index >= 15 is 0 Å². The normalized spacial score (nSPS) is 13.3. The highest BCUT2D eigenvalue weighted by Gasteiger charge is 2.24. The first kappa shape index (κ1) is 34.2. The van der Waals surface area contributed by atoms with Crippen LogP contribution in [0.5, 0.6) is 0 Å². The zero-order valence-corrected chi connectivity index (χ0v) is 26.1. The molecule has 0 amide bonds. The molecule has 1 aromatic heterocycles. The third-order valence-corrected chi connectivity index (χ3v) is 8.73. The summed E-state index contributed by atoms with van der Waals surface area (Å²) in [5.74, 6) is 2.18. The average Bonchev–Trinajstić information content (AvgIpc) is 3.40. The molecule has 0 saturated heterocycles. The lowest BCUT2D eigenvalue weighted by Gasteiger charge is -2.16. The Morgan fingerprint density at radius 1 is 0.541 bits per heavy atom. The lowest BCUT2D eigenvalue weighted by atomic mass is 9.96. The standard InChI is InChI=1S/C35H68N2/c1-5-8-10-12-14-16-18-20-22-24-26-28-30-34(7-3)35-36-31-32-37(35)33(4)29-27-25-23-21-19-17-15-13-11-9-6-2/h31-34H,5-30H2,1-4H3/p+1. The van der Waals surface area contributed by atoms with Crippen molar-refractivity contribution in [1.29, 1.82) is 0 Å². The summed E-state index contributed by atoms with van der Waals surface area (Å²) in [4.78, 5) is 3.64. The van der Waals surface area contributed by atoms with Gasteiger partial charge in [-0.25, -0.2) is 9.55 Å². The third-order valence-electron chi connectivity index (χ3n) is 8.73. The minimum absolute atomic E-state index is 0.621. The number of hydrogen-bond donors (Lipinski definition) is 1. The van der Waals surface area contributed by atoms with Crippen molar-refractivity contribution in [2.24, 2.45) is 0 Å². The fourth-order valence-corrected chi connectivity index (χ4v) is 6.08. The summed E-state index contributed by atoms with van der Waals surface area (Å²) < 4.78 is 2.57. The molecule has 2 unspecified atom stereocenters. The Kier molecular flexibility index (Phi) is 23.6. The van der Waals surface area contributed by atoms with Gasteiger partial charge in [-0.15, -0.1) is 0 Å². The SMILES string of the molecule is CCCCCCCCCCCCCCC(CC)c1[nH]cc[n+]1C(C)CCCCCCCCCCCCC. The van der Waals surface area contributed by atoms with Crippen LogP contribution in [-0.4, -0.2) is 4.98 Å². The summed E-state index contributed by atoms with van der Waals surface area (Å²) in [5, 5.41) is 0. The molecule has 2 atom stereocenters. The van der Waals surface area contributed by atoms with E-state index in [0.29, 0.717) is 12.0 Å². The summed E-state index contributed by atoms with van der Waals surface area (Å²) >= 11 is 0. The van der Waals surface area contributed by atoms with Gasteiger partial charge in [-0.3, -0.25) is 0 Å². The van der Waals surface area contributed by atoms with Crippen molar-refractivity contribution in [2.45, 2.75) is 207 Å². The highest BCUT2D eigenvalue weighted by molar-refractivity contribution is 4.89. The highest BCUT2D eigenvalue weighted by Crippen LogP contribution is 2.24. The molecule has 0 aliphatic heterocycles. The van der Waals surface area contributed by atoms with Gasteiger partial charge in [0.1, 0.15) is 12.4 Å². The van der Waals surface area contributed by atoms with Gasteiger partial charge in [-0.05, 0) is 32.6 Å². The van der Waals surface area contributed by atoms with E-state index in [1.54, 1.807) is 0 Å². The Labute approximate surface area is 234 Å². The molecule has 2 nitrogen and oxygen atoms in total. The highest BCUT2D eigenvalue weighted by atomic mass is 15.1. The monoisotopic (exact) mass is 518 g/mol. The van der Waals surface area contributed by atoms with E-state index in [9.17, 15) is 0 Å². The van der Waals surface area contributed by atoms with Gasteiger partial charge in [-0.1, -0.05) is 162 Å². The maximum absolute atomic E-state index is 3.64. The summed E-state index contributed by atoms with van der Waals surface area (Å²) in [7, 11) is 0. The number of aromatic amines is 1. The number of aromatic nitrogens is 2. The molecule has 0 radical (unpaired) electrons. The first-order valence-corrected chi connectivity index (χ1v) is 17.3. The first-order chi connectivity index (χ1) is 18.2. The maximum atomic E-state index is 3.64. The molecule has 0 fully saturated rings. The van der Waals surface area contributed by atoms with Crippen LogP contribution in [0.2, 0.25) is 0 Å². The molecule has 0 bridgehead atoms. The number of imidazole rings is 1. The Balaban J connectivity index is 2.12. The van der Waals surface area contributed by atoms with E-state index in [1.807, 2.05) is 0 Å². The lowest BCUT2D eigenvalue weighted by Crippen LogP contribution is -2.41. The molecule has 0 aliphatic carbocycles. The summed E-state index contributed by atoms with van der Waals surface area (Å²) in [5.41, 5.74) is 0. The zero-order chi connectivity index (χ0) is 26.8. The Morgan fingerprint density at radius 2 is 0.919 bits per heavy atom. The van der Waals surface area contributed by atoms with Crippen LogP contribution < -0.4 is 4.57 Å². The van der Waals surface area contributed by atoms with Crippen molar-refractivity contribution in [1.82, 2.24) is 4.98 Å². The zero-order valence-electron chi connectivity index (χ0n) is 26.1. The van der Waals surface area contributed by atoms with Crippen molar-refractivity contribution in [3.05, 3.63) is 18.2 Å². The number of hydrogen-bond acceptors (Lipinski definition) is 0. The van der Waals surface area contributed by atoms with E-state index in [4.69, 9.17) is 0 Å². The molecular formula is C35H69N2+. The second kappa shape index (κ2) is 25.5. The van der Waals surface area contributed by atoms with Gasteiger partial charge in [0, 0.05) is 0 Å². The number of nitrogens with one attached hydrogen (secondary N) is 1. The Bertz CT molecular complexity index is 578. The van der Waals surface area contributed by atoms with Crippen LogP contribution in [-0.2, 0) is 0 Å². The average molecular weight is 518 g/mol. The van der Waals surface area contributed by atoms with E-state index in [0.717, 1.165) is 0 Å². The van der Waals surface area contributed by atoms with Crippen molar-refractivity contribution >= 4 is 0 Å². The van der Waals surface area contributed by atoms with Crippen molar-refractivity contribution in [3.8, 4) is 0 Å². The molecule has 1 heterocycles. The van der Waals surface area contributed by atoms with Crippen LogP contribution in [0.3, 0.4) is 0 Å². The smallest absolute Gasteiger partial charge is 0.247 e. The van der Waals surface area contributed by atoms with Gasteiger partial charge in [-0.2, -0.15) is 0 Å². The van der Waals surface area contributed by atoms with E-state index in [1.165, 1.54) is 173 Å². The molecule has 0 saturated carbocycles. The van der Waals surface area contributed by atoms with Gasteiger partial charge >= 0.3 is 0 Å². The maximum Gasteiger partial charge on any atom is 0.257 e. The topological polar surface area (TPSA) is 19.7 Å². The molecule has 1 aromatic rings. The molecule has 218 valence electrons. The summed E-state index contributed by atoms with van der Waals surface area (Å²) in [6.07, 6.45) is 41.4. The predicted octanol–water partition coefficient (Wildman–Crippen LogP) is 12.1. The van der Waals surface area contributed by atoms with Crippen LogP contribution in [0.25, 0.3) is 0 Å². The minimum atomic E-state index is 0.621. The van der Waals surface area contributed by atoms with Crippen LogP contribution >= 0.6 is 0 Å². The fourth-order valence-electron chi connectivity index (χ4n) is 6.08. The van der Waals surface area contributed by atoms with Gasteiger partial charge in [0.2, 0.25) is 0 Å². The van der Waals surface area contributed by atoms with Gasteiger partial charge in [0.25, 0.3) is 5.82 Å². The number of rotatable bonds is 28. The third kappa shape index (κ3) is 18.2. The second-order valence-corrected chi connectivity index (χ2v) is 12.2. The molecule has 2 heteroatoms. The van der Waals surface area contributed by atoms with Crippen LogP contribution in [0, 0.1) is 0 Å². The minimum Gasteiger partial charge on any atom is -0.247 e. The molecule has 37 heavy (non-hydrogen) atoms. The number of nitrogens with zero attached hydrogens (tertiary/aromatic N) is 1. The number of unbranched alkanes of at least 4 members (excludes halogenated alkanes) is 21. The van der Waals surface area contributed by atoms with Crippen LogP contribution in [0.15, 0.2) is 12.4 Å². The van der Waals surface area contributed by atoms with Gasteiger partial charge < -0.3 is 0 Å². The fraction of sp³-hybridized carbons (Fsp3) is 0.914. The number of H-pyrrole nitrogens is 1. The molecule has 1 N–H and O–H groups in total. The quantitative estimate of drug-likeness (QED) is 0.0842. The van der Waals surface area contributed by atoms with E-state index in [2.05, 4.69) is 49.6 Å². The van der Waals surface area contributed by atoms with Crippen molar-refractivity contribution in [2.75, 3.05) is 0 Å². The summed E-state index contributed by atoms with van der Waals surface area (Å²) in [6, 6.07) is 0.621. The second-order valence-electron chi connectivity index (χ2n) is 12.2. The Hall–Kier alpha value is -0.790. The van der Waals surface area contributed by atoms with Crippen molar-refractivity contribution in [3.63, 3.8) is 0 Å². The lowest BCUT2D eigenvalue weighted by molar-refractivity contribution is -0.727. The molecule has 1 rings (SSSR count). The van der Waals surface area contributed by atoms with E-state index < -0.39 is 0 Å². The van der Waals surface area contributed by atoms with Crippen molar-refractivity contribution < 1.29 is 4.57 Å². The molecule has 0 aliphatic rings. The van der Waals surface area contributed by atoms with Crippen LogP contribution in [0.4, 0.5) is 0 Å². The van der Waals surface area contributed by atoms with Gasteiger partial charge in [0.05, 0.1) is 12.0 Å².